The summed E-state index contributed by atoms with van der Waals surface area (Å²) in [4.78, 5) is 4.92. The minimum atomic E-state index is 0.430. The number of hydrogen-bond donors (Lipinski definition) is 2. The van der Waals surface area contributed by atoms with Crippen LogP contribution in [0.2, 0.25) is 0 Å². The van der Waals surface area contributed by atoms with Crippen molar-refractivity contribution in [2.75, 3.05) is 11.9 Å². The van der Waals surface area contributed by atoms with Crippen LogP contribution in [0, 0.1) is 18.8 Å². The second-order valence-corrected chi connectivity index (χ2v) is 6.53. The van der Waals surface area contributed by atoms with E-state index in [1.807, 2.05) is 19.1 Å². The largest absolute Gasteiger partial charge is 0.389 e. The number of pyridine rings is 1. The molecule has 0 unspecified atom stereocenters. The summed E-state index contributed by atoms with van der Waals surface area (Å²) in [6.07, 6.45) is 6.76. The highest BCUT2D eigenvalue weighted by Crippen LogP contribution is 2.30. The Labute approximate surface area is 127 Å². The Balaban J connectivity index is 1.83. The van der Waals surface area contributed by atoms with Gasteiger partial charge in [0.2, 0.25) is 0 Å². The van der Waals surface area contributed by atoms with E-state index in [0.29, 0.717) is 4.99 Å². The van der Waals surface area contributed by atoms with Gasteiger partial charge in [-0.2, -0.15) is 0 Å². The van der Waals surface area contributed by atoms with Crippen molar-refractivity contribution in [1.82, 2.24) is 4.98 Å². The summed E-state index contributed by atoms with van der Waals surface area (Å²) >= 11 is 5.03. The zero-order valence-corrected chi connectivity index (χ0v) is 13.3. The highest BCUT2D eigenvalue weighted by atomic mass is 32.1. The molecule has 0 saturated heterocycles. The average Bonchev–Trinajstić information content (AvgIpc) is 2.40. The number of nitrogens with one attached hydrogen (secondary N) is 1. The lowest BCUT2D eigenvalue weighted by atomic mass is 9.81. The van der Waals surface area contributed by atoms with Gasteiger partial charge < -0.3 is 11.1 Å². The van der Waals surface area contributed by atoms with Crippen molar-refractivity contribution < 1.29 is 0 Å². The molecule has 20 heavy (non-hydrogen) atoms. The monoisotopic (exact) mass is 291 g/mol. The molecule has 0 spiro atoms. The number of rotatable bonds is 5. The molecular formula is C16H25N3S. The second-order valence-electron chi connectivity index (χ2n) is 6.09. The van der Waals surface area contributed by atoms with Crippen molar-refractivity contribution in [3.8, 4) is 0 Å². The number of aryl methyl sites for hydroxylation is 1. The first-order chi connectivity index (χ1) is 9.54. The van der Waals surface area contributed by atoms with E-state index < -0.39 is 0 Å². The van der Waals surface area contributed by atoms with Gasteiger partial charge in [0, 0.05) is 17.8 Å². The standard InChI is InChI=1S/C16H25N3S/c1-11-3-5-13(6-4-11)7-8-18-15-10-14(16(17)20)9-12(2)19-15/h9-11,13H,3-8H2,1-2H3,(H2,17,20)(H,18,19). The fourth-order valence-electron chi connectivity index (χ4n) is 2.92. The maximum Gasteiger partial charge on any atom is 0.126 e. The van der Waals surface area contributed by atoms with Crippen LogP contribution in [0.25, 0.3) is 0 Å². The molecule has 0 bridgehead atoms. The lowest BCUT2D eigenvalue weighted by molar-refractivity contribution is 0.282. The van der Waals surface area contributed by atoms with Crippen LogP contribution >= 0.6 is 12.2 Å². The Morgan fingerprint density at radius 3 is 2.70 bits per heavy atom. The van der Waals surface area contributed by atoms with Crippen LogP contribution in [0.4, 0.5) is 5.82 Å². The van der Waals surface area contributed by atoms with E-state index >= 15 is 0 Å². The maximum absolute atomic E-state index is 5.69. The lowest BCUT2D eigenvalue weighted by Gasteiger charge is -2.26. The molecule has 0 aromatic carbocycles. The van der Waals surface area contributed by atoms with Gasteiger partial charge in [-0.15, -0.1) is 0 Å². The average molecular weight is 291 g/mol. The third-order valence-corrected chi connectivity index (χ3v) is 4.47. The third-order valence-electron chi connectivity index (χ3n) is 4.23. The zero-order valence-electron chi connectivity index (χ0n) is 12.5. The van der Waals surface area contributed by atoms with Crippen LogP contribution in [0.15, 0.2) is 12.1 Å². The van der Waals surface area contributed by atoms with Gasteiger partial charge in [-0.3, -0.25) is 0 Å². The van der Waals surface area contributed by atoms with Crippen molar-refractivity contribution in [2.24, 2.45) is 17.6 Å². The highest BCUT2D eigenvalue weighted by molar-refractivity contribution is 7.80. The van der Waals surface area contributed by atoms with Gasteiger partial charge in [-0.25, -0.2) is 4.98 Å². The summed E-state index contributed by atoms with van der Waals surface area (Å²) in [7, 11) is 0. The first-order valence-corrected chi connectivity index (χ1v) is 7.98. The molecule has 3 nitrogen and oxygen atoms in total. The summed E-state index contributed by atoms with van der Waals surface area (Å²) in [6, 6.07) is 3.87. The van der Waals surface area contributed by atoms with Crippen molar-refractivity contribution in [3.63, 3.8) is 0 Å². The van der Waals surface area contributed by atoms with Crippen LogP contribution in [-0.4, -0.2) is 16.5 Å². The van der Waals surface area contributed by atoms with Gasteiger partial charge >= 0.3 is 0 Å². The Morgan fingerprint density at radius 2 is 2.05 bits per heavy atom. The topological polar surface area (TPSA) is 50.9 Å². The predicted octanol–water partition coefficient (Wildman–Crippen LogP) is 3.65. The Hall–Kier alpha value is -1.16. The van der Waals surface area contributed by atoms with Crippen molar-refractivity contribution in [3.05, 3.63) is 23.4 Å². The molecule has 110 valence electrons. The molecule has 1 aliphatic carbocycles. The van der Waals surface area contributed by atoms with Gasteiger partial charge in [-0.1, -0.05) is 44.8 Å². The molecule has 0 amide bonds. The van der Waals surface area contributed by atoms with Gasteiger partial charge in [-0.05, 0) is 37.3 Å². The lowest BCUT2D eigenvalue weighted by Crippen LogP contribution is -2.16. The van der Waals surface area contributed by atoms with Gasteiger partial charge in [0.25, 0.3) is 0 Å². The van der Waals surface area contributed by atoms with Gasteiger partial charge in [0.05, 0.1) is 0 Å². The van der Waals surface area contributed by atoms with E-state index in [1.54, 1.807) is 0 Å². The molecule has 2 rings (SSSR count). The fraction of sp³-hybridized carbons (Fsp3) is 0.625. The molecule has 1 fully saturated rings. The highest BCUT2D eigenvalue weighted by Gasteiger charge is 2.17. The Kier molecular flexibility index (Phi) is 5.35. The molecule has 1 aromatic rings. The number of nitrogens with zero attached hydrogens (tertiary/aromatic N) is 1. The number of hydrogen-bond acceptors (Lipinski definition) is 3. The Bertz CT molecular complexity index is 465. The molecule has 3 N–H and O–H groups in total. The molecule has 0 atom stereocenters. The minimum Gasteiger partial charge on any atom is -0.389 e. The molecule has 1 aromatic heterocycles. The van der Waals surface area contributed by atoms with E-state index in [4.69, 9.17) is 18.0 Å². The SMILES string of the molecule is Cc1cc(C(N)=S)cc(NCCC2CCC(C)CC2)n1. The summed E-state index contributed by atoms with van der Waals surface area (Å²) in [5.74, 6) is 2.68. The van der Waals surface area contributed by atoms with Crippen LogP contribution in [-0.2, 0) is 0 Å². The van der Waals surface area contributed by atoms with E-state index in [1.165, 1.54) is 32.1 Å². The molecule has 0 aliphatic heterocycles. The van der Waals surface area contributed by atoms with Crippen LogP contribution < -0.4 is 11.1 Å². The summed E-state index contributed by atoms with van der Waals surface area (Å²) < 4.78 is 0. The Morgan fingerprint density at radius 1 is 1.35 bits per heavy atom. The molecular weight excluding hydrogens is 266 g/mol. The molecule has 1 aliphatic rings. The van der Waals surface area contributed by atoms with Crippen LogP contribution in [0.1, 0.15) is 50.3 Å². The number of anilines is 1. The minimum absolute atomic E-state index is 0.430. The first kappa shape index (κ1) is 15.2. The smallest absolute Gasteiger partial charge is 0.126 e. The van der Waals surface area contributed by atoms with E-state index in [-0.39, 0.29) is 0 Å². The maximum atomic E-state index is 5.69. The first-order valence-electron chi connectivity index (χ1n) is 7.57. The normalized spacial score (nSPS) is 22.5. The molecule has 1 saturated carbocycles. The molecule has 4 heteroatoms. The number of thiocarbonyl (C=S) groups is 1. The van der Waals surface area contributed by atoms with Crippen LogP contribution in [0.5, 0.6) is 0 Å². The van der Waals surface area contributed by atoms with Crippen molar-refractivity contribution in [1.29, 1.82) is 0 Å². The number of nitrogens with two attached hydrogens (primary N) is 1. The van der Waals surface area contributed by atoms with Crippen LogP contribution in [0.3, 0.4) is 0 Å². The number of aromatic nitrogens is 1. The summed E-state index contributed by atoms with van der Waals surface area (Å²) in [5.41, 5.74) is 7.52. The van der Waals surface area contributed by atoms with Crippen molar-refractivity contribution in [2.45, 2.75) is 46.0 Å². The zero-order chi connectivity index (χ0) is 14.5. The summed E-state index contributed by atoms with van der Waals surface area (Å²) in [5, 5.41) is 3.41. The predicted molar refractivity (Wildman–Crippen MR) is 89.1 cm³/mol. The van der Waals surface area contributed by atoms with Crippen molar-refractivity contribution >= 4 is 23.0 Å². The fourth-order valence-corrected chi connectivity index (χ4v) is 3.04. The third kappa shape index (κ3) is 4.44. The quantitative estimate of drug-likeness (QED) is 0.813. The van der Waals surface area contributed by atoms with E-state index in [2.05, 4.69) is 17.2 Å². The second kappa shape index (κ2) is 7.02. The van der Waals surface area contributed by atoms with E-state index in [9.17, 15) is 0 Å². The van der Waals surface area contributed by atoms with Gasteiger partial charge in [0.1, 0.15) is 10.8 Å². The molecule has 0 radical (unpaired) electrons. The summed E-state index contributed by atoms with van der Waals surface area (Å²) in [6.45, 7) is 5.31. The molecule has 1 heterocycles. The van der Waals surface area contributed by atoms with E-state index in [0.717, 1.165) is 35.5 Å². The van der Waals surface area contributed by atoms with Gasteiger partial charge in [0.15, 0.2) is 0 Å².